The molecule has 0 heterocycles. The van der Waals surface area contributed by atoms with Crippen molar-refractivity contribution in [2.24, 2.45) is 0 Å². The van der Waals surface area contributed by atoms with Crippen molar-refractivity contribution in [2.75, 3.05) is 19.0 Å². The monoisotopic (exact) mass is 325 g/mol. The van der Waals surface area contributed by atoms with Gasteiger partial charge in [0.2, 0.25) is 0 Å². The van der Waals surface area contributed by atoms with E-state index in [1.165, 1.54) is 19.2 Å². The smallest absolute Gasteiger partial charge is 0.416 e. The average molecular weight is 325 g/mol. The lowest BCUT2D eigenvalue weighted by molar-refractivity contribution is -0.137. The maximum atomic E-state index is 12.6. The van der Waals surface area contributed by atoms with Crippen molar-refractivity contribution >= 4 is 11.6 Å². The molecule has 4 nitrogen and oxygen atoms in total. The second-order valence-corrected chi connectivity index (χ2v) is 4.59. The number of carbonyl (C=O) groups is 1. The van der Waals surface area contributed by atoms with Gasteiger partial charge in [-0.15, -0.1) is 0 Å². The van der Waals surface area contributed by atoms with Crippen molar-refractivity contribution in [1.29, 1.82) is 0 Å². The van der Waals surface area contributed by atoms with Crippen LogP contribution < -0.4 is 14.8 Å². The highest BCUT2D eigenvalue weighted by Gasteiger charge is 2.30. The molecule has 0 saturated heterocycles. The van der Waals surface area contributed by atoms with Gasteiger partial charge in [0.1, 0.15) is 11.5 Å². The average Bonchev–Trinajstić information content (AvgIpc) is 2.52. The SMILES string of the molecule is COc1cccc(OCC(=O)Nc2cccc(C(F)(F)F)c2)c1. The van der Waals surface area contributed by atoms with Crippen LogP contribution in [0.5, 0.6) is 11.5 Å². The molecule has 0 aromatic heterocycles. The van der Waals surface area contributed by atoms with E-state index in [0.717, 1.165) is 12.1 Å². The molecular weight excluding hydrogens is 311 g/mol. The Hall–Kier alpha value is -2.70. The van der Waals surface area contributed by atoms with Gasteiger partial charge in [-0.2, -0.15) is 13.2 Å². The van der Waals surface area contributed by atoms with Gasteiger partial charge in [0.05, 0.1) is 12.7 Å². The molecule has 1 amide bonds. The zero-order valence-electron chi connectivity index (χ0n) is 12.2. The van der Waals surface area contributed by atoms with E-state index in [1.807, 2.05) is 0 Å². The van der Waals surface area contributed by atoms with Gasteiger partial charge in [0.15, 0.2) is 6.61 Å². The minimum Gasteiger partial charge on any atom is -0.497 e. The van der Waals surface area contributed by atoms with E-state index < -0.39 is 17.6 Å². The molecule has 0 aliphatic carbocycles. The van der Waals surface area contributed by atoms with Crippen molar-refractivity contribution in [1.82, 2.24) is 0 Å². The number of hydrogen-bond acceptors (Lipinski definition) is 3. The molecule has 0 aliphatic heterocycles. The van der Waals surface area contributed by atoms with E-state index in [0.29, 0.717) is 11.5 Å². The van der Waals surface area contributed by atoms with Crippen LogP contribution in [0.25, 0.3) is 0 Å². The van der Waals surface area contributed by atoms with E-state index in [9.17, 15) is 18.0 Å². The molecule has 0 fully saturated rings. The largest absolute Gasteiger partial charge is 0.497 e. The molecule has 0 atom stereocenters. The minimum absolute atomic E-state index is 0.0547. The first-order valence-electron chi connectivity index (χ1n) is 6.62. The van der Waals surface area contributed by atoms with Crippen molar-refractivity contribution < 1.29 is 27.4 Å². The fraction of sp³-hybridized carbons (Fsp3) is 0.188. The van der Waals surface area contributed by atoms with Gasteiger partial charge in [0, 0.05) is 11.8 Å². The highest BCUT2D eigenvalue weighted by atomic mass is 19.4. The van der Waals surface area contributed by atoms with Crippen LogP contribution >= 0.6 is 0 Å². The summed E-state index contributed by atoms with van der Waals surface area (Å²) >= 11 is 0. The van der Waals surface area contributed by atoms with Crippen molar-refractivity contribution in [3.8, 4) is 11.5 Å². The van der Waals surface area contributed by atoms with Gasteiger partial charge < -0.3 is 14.8 Å². The second-order valence-electron chi connectivity index (χ2n) is 4.59. The second kappa shape index (κ2) is 7.04. The summed E-state index contributed by atoms with van der Waals surface area (Å²) in [4.78, 5) is 11.8. The molecule has 0 spiro atoms. The summed E-state index contributed by atoms with van der Waals surface area (Å²) in [5.41, 5.74) is -0.775. The number of nitrogens with one attached hydrogen (secondary N) is 1. The maximum absolute atomic E-state index is 12.6. The predicted molar refractivity (Wildman–Crippen MR) is 78.6 cm³/mol. The molecular formula is C16H14F3NO3. The fourth-order valence-corrected chi connectivity index (χ4v) is 1.81. The molecule has 7 heteroatoms. The third-order valence-electron chi connectivity index (χ3n) is 2.88. The Morgan fingerprint density at radius 1 is 1.09 bits per heavy atom. The Balaban J connectivity index is 1.94. The highest BCUT2D eigenvalue weighted by Crippen LogP contribution is 2.30. The number of anilines is 1. The number of methoxy groups -OCH3 is 1. The number of alkyl halides is 3. The third-order valence-corrected chi connectivity index (χ3v) is 2.88. The van der Waals surface area contributed by atoms with Gasteiger partial charge >= 0.3 is 6.18 Å². The zero-order chi connectivity index (χ0) is 16.9. The third kappa shape index (κ3) is 4.91. The Labute approximate surface area is 130 Å². The number of benzene rings is 2. The topological polar surface area (TPSA) is 47.6 Å². The molecule has 0 aliphatic rings. The van der Waals surface area contributed by atoms with Gasteiger partial charge in [-0.3, -0.25) is 4.79 Å². The van der Waals surface area contributed by atoms with E-state index in [1.54, 1.807) is 24.3 Å². The first kappa shape index (κ1) is 16.7. The van der Waals surface area contributed by atoms with E-state index in [4.69, 9.17) is 9.47 Å². The fourth-order valence-electron chi connectivity index (χ4n) is 1.81. The van der Waals surface area contributed by atoms with E-state index in [-0.39, 0.29) is 12.3 Å². The predicted octanol–water partition coefficient (Wildman–Crippen LogP) is 3.73. The molecule has 0 bridgehead atoms. The van der Waals surface area contributed by atoms with Crippen LogP contribution in [-0.2, 0) is 11.0 Å². The van der Waals surface area contributed by atoms with Gasteiger partial charge in [-0.25, -0.2) is 0 Å². The Bertz CT molecular complexity index is 686. The summed E-state index contributed by atoms with van der Waals surface area (Å²) in [6.07, 6.45) is -4.46. The Morgan fingerprint density at radius 2 is 1.78 bits per heavy atom. The van der Waals surface area contributed by atoms with Gasteiger partial charge in [-0.1, -0.05) is 12.1 Å². The summed E-state index contributed by atoms with van der Waals surface area (Å²) in [6.45, 7) is -0.330. The van der Waals surface area contributed by atoms with Crippen molar-refractivity contribution in [2.45, 2.75) is 6.18 Å². The summed E-state index contributed by atoms with van der Waals surface area (Å²) in [5, 5.41) is 2.36. The Kier molecular flexibility index (Phi) is 5.10. The standard InChI is InChI=1S/C16H14F3NO3/c1-22-13-6-3-7-14(9-13)23-10-15(21)20-12-5-2-4-11(8-12)16(17,18)19/h2-9H,10H2,1H3,(H,20,21). The summed E-state index contributed by atoms with van der Waals surface area (Å²) in [7, 11) is 1.50. The van der Waals surface area contributed by atoms with E-state index in [2.05, 4.69) is 5.32 Å². The van der Waals surface area contributed by atoms with Gasteiger partial charge in [-0.05, 0) is 30.3 Å². The van der Waals surface area contributed by atoms with Crippen molar-refractivity contribution in [3.63, 3.8) is 0 Å². The molecule has 1 N–H and O–H groups in total. The molecule has 122 valence electrons. The summed E-state index contributed by atoms with van der Waals surface area (Å²) < 4.78 is 48.1. The van der Waals surface area contributed by atoms with Crippen LogP contribution in [-0.4, -0.2) is 19.6 Å². The van der Waals surface area contributed by atoms with Crippen LogP contribution in [0, 0.1) is 0 Å². The van der Waals surface area contributed by atoms with Gasteiger partial charge in [0.25, 0.3) is 5.91 Å². The van der Waals surface area contributed by atoms with Crippen LogP contribution in [0.3, 0.4) is 0 Å². The van der Waals surface area contributed by atoms with Crippen LogP contribution in [0.2, 0.25) is 0 Å². The number of hydrogen-bond donors (Lipinski definition) is 1. The number of rotatable bonds is 5. The number of amides is 1. The summed E-state index contributed by atoms with van der Waals surface area (Å²) in [5.74, 6) is 0.427. The molecule has 0 radical (unpaired) electrons. The number of halogens is 3. The molecule has 2 rings (SSSR count). The normalized spacial score (nSPS) is 11.0. The van der Waals surface area contributed by atoms with Crippen LogP contribution in [0.15, 0.2) is 48.5 Å². The molecule has 2 aromatic carbocycles. The minimum atomic E-state index is -4.46. The zero-order valence-corrected chi connectivity index (χ0v) is 12.2. The lowest BCUT2D eigenvalue weighted by atomic mass is 10.2. The Morgan fingerprint density at radius 3 is 2.48 bits per heavy atom. The van der Waals surface area contributed by atoms with Crippen LogP contribution in [0.4, 0.5) is 18.9 Å². The molecule has 0 saturated carbocycles. The lowest BCUT2D eigenvalue weighted by Gasteiger charge is -2.11. The lowest BCUT2D eigenvalue weighted by Crippen LogP contribution is -2.20. The molecule has 0 unspecified atom stereocenters. The molecule has 2 aromatic rings. The first-order chi connectivity index (χ1) is 10.9. The maximum Gasteiger partial charge on any atom is 0.416 e. The number of carbonyl (C=O) groups excluding carboxylic acids is 1. The molecule has 23 heavy (non-hydrogen) atoms. The highest BCUT2D eigenvalue weighted by molar-refractivity contribution is 5.91. The van der Waals surface area contributed by atoms with E-state index >= 15 is 0 Å². The number of ether oxygens (including phenoxy) is 2. The first-order valence-corrected chi connectivity index (χ1v) is 6.62. The summed E-state index contributed by atoms with van der Waals surface area (Å²) in [6, 6.07) is 11.0. The van der Waals surface area contributed by atoms with Crippen LogP contribution in [0.1, 0.15) is 5.56 Å². The van der Waals surface area contributed by atoms with Crippen molar-refractivity contribution in [3.05, 3.63) is 54.1 Å². The quantitative estimate of drug-likeness (QED) is 0.911.